The molecule has 0 aliphatic carbocycles. The molecule has 23 heavy (non-hydrogen) atoms. The molecular weight excluding hydrogens is 296 g/mol. The van der Waals surface area contributed by atoms with Gasteiger partial charge in [-0.2, -0.15) is 5.10 Å². The molecule has 2 rings (SSSR count). The van der Waals surface area contributed by atoms with Crippen LogP contribution < -0.4 is 10.6 Å². The highest BCUT2D eigenvalue weighted by molar-refractivity contribution is 5.84. The molecule has 1 heterocycles. The first-order chi connectivity index (χ1) is 10.8. The highest BCUT2D eigenvalue weighted by Gasteiger charge is 2.17. The maximum atomic E-state index is 11.8. The molecule has 0 atom stereocenters. The molecule has 7 nitrogen and oxygen atoms in total. The summed E-state index contributed by atoms with van der Waals surface area (Å²) in [7, 11) is 0. The van der Waals surface area contributed by atoms with Crippen LogP contribution in [0.25, 0.3) is 0 Å². The van der Waals surface area contributed by atoms with Crippen molar-refractivity contribution in [1.82, 2.24) is 15.5 Å². The lowest BCUT2D eigenvalue weighted by molar-refractivity contribution is 0.0635. The van der Waals surface area contributed by atoms with Crippen molar-refractivity contribution in [3.8, 4) is 5.75 Å². The van der Waals surface area contributed by atoms with Gasteiger partial charge in [-0.05, 0) is 38.5 Å². The topological polar surface area (TPSA) is 99.3 Å². The number of hydrogen-bond acceptors (Lipinski definition) is 5. The number of nitrogens with zero attached hydrogens (tertiary/aromatic N) is 1. The van der Waals surface area contributed by atoms with Gasteiger partial charge in [-0.3, -0.25) is 10.4 Å². The van der Waals surface area contributed by atoms with Crippen LogP contribution in [0, 0.1) is 0 Å². The standard InChI is InChI=1S/C16H22N4O3/c1-16(2,3)23-15(22)19-14-12(10-18-20-14)9-17-8-11-5-4-6-13(21)7-11/h4-7,10,17,21H,8-9H2,1-3H3,(H2,18,19,20,22). The summed E-state index contributed by atoms with van der Waals surface area (Å²) < 4.78 is 5.21. The monoisotopic (exact) mass is 318 g/mol. The minimum Gasteiger partial charge on any atom is -0.508 e. The summed E-state index contributed by atoms with van der Waals surface area (Å²) in [6, 6.07) is 7.03. The van der Waals surface area contributed by atoms with E-state index in [1.54, 1.807) is 45.2 Å². The van der Waals surface area contributed by atoms with E-state index in [-0.39, 0.29) is 5.75 Å². The van der Waals surface area contributed by atoms with Gasteiger partial charge in [0.05, 0.1) is 6.20 Å². The van der Waals surface area contributed by atoms with E-state index in [1.807, 2.05) is 6.07 Å². The van der Waals surface area contributed by atoms with Crippen LogP contribution in [0.1, 0.15) is 31.9 Å². The predicted octanol–water partition coefficient (Wildman–Crippen LogP) is 2.75. The third-order valence-corrected chi connectivity index (χ3v) is 2.90. The molecule has 0 fully saturated rings. The number of amides is 1. The summed E-state index contributed by atoms with van der Waals surface area (Å²) in [6.07, 6.45) is 1.11. The zero-order valence-corrected chi connectivity index (χ0v) is 13.5. The summed E-state index contributed by atoms with van der Waals surface area (Å²) in [5, 5.41) is 22.0. The van der Waals surface area contributed by atoms with Crippen LogP contribution in [0.2, 0.25) is 0 Å². The van der Waals surface area contributed by atoms with Crippen LogP contribution in [0.3, 0.4) is 0 Å². The molecule has 2 aromatic rings. The Morgan fingerprint density at radius 1 is 1.35 bits per heavy atom. The number of anilines is 1. The van der Waals surface area contributed by atoms with Crippen molar-refractivity contribution in [2.45, 2.75) is 39.5 Å². The SMILES string of the molecule is CC(C)(C)OC(=O)Nc1[nH]ncc1CNCc1cccc(O)c1. The number of carbonyl (C=O) groups is 1. The largest absolute Gasteiger partial charge is 0.508 e. The van der Waals surface area contributed by atoms with Crippen molar-refractivity contribution in [3.63, 3.8) is 0 Å². The minimum atomic E-state index is -0.558. The lowest BCUT2D eigenvalue weighted by Crippen LogP contribution is -2.27. The van der Waals surface area contributed by atoms with Crippen LogP contribution in [0.15, 0.2) is 30.5 Å². The van der Waals surface area contributed by atoms with Crippen molar-refractivity contribution < 1.29 is 14.6 Å². The molecule has 0 saturated heterocycles. The Bertz CT molecular complexity index is 661. The van der Waals surface area contributed by atoms with E-state index < -0.39 is 11.7 Å². The van der Waals surface area contributed by atoms with E-state index in [4.69, 9.17) is 4.74 Å². The lowest BCUT2D eigenvalue weighted by atomic mass is 10.2. The van der Waals surface area contributed by atoms with Crippen LogP contribution in [-0.4, -0.2) is 27.0 Å². The molecule has 0 spiro atoms. The first-order valence-electron chi connectivity index (χ1n) is 7.34. The zero-order valence-electron chi connectivity index (χ0n) is 13.5. The number of phenolic OH excluding ortho intramolecular Hbond substituents is 1. The number of carbonyl (C=O) groups excluding carboxylic acids is 1. The molecule has 0 saturated carbocycles. The van der Waals surface area contributed by atoms with Gasteiger partial charge in [0, 0.05) is 18.7 Å². The molecule has 0 radical (unpaired) electrons. The van der Waals surface area contributed by atoms with Gasteiger partial charge in [-0.25, -0.2) is 4.79 Å². The fourth-order valence-corrected chi connectivity index (χ4v) is 1.97. The van der Waals surface area contributed by atoms with Crippen molar-refractivity contribution in [3.05, 3.63) is 41.6 Å². The highest BCUT2D eigenvalue weighted by atomic mass is 16.6. The highest BCUT2D eigenvalue weighted by Crippen LogP contribution is 2.15. The molecule has 1 amide bonds. The smallest absolute Gasteiger partial charge is 0.413 e. The number of ether oxygens (including phenoxy) is 1. The van der Waals surface area contributed by atoms with E-state index >= 15 is 0 Å². The number of aromatic hydroxyl groups is 1. The number of aromatic nitrogens is 2. The average Bonchev–Trinajstić information content (AvgIpc) is 2.84. The number of rotatable bonds is 5. The lowest BCUT2D eigenvalue weighted by Gasteiger charge is -2.19. The van der Waals surface area contributed by atoms with Gasteiger partial charge in [-0.15, -0.1) is 0 Å². The fraction of sp³-hybridized carbons (Fsp3) is 0.375. The summed E-state index contributed by atoms with van der Waals surface area (Å²) in [5.74, 6) is 0.738. The average molecular weight is 318 g/mol. The number of aromatic amines is 1. The van der Waals surface area contributed by atoms with Gasteiger partial charge < -0.3 is 15.2 Å². The Kier molecular flexibility index (Phi) is 5.23. The molecular formula is C16H22N4O3. The molecule has 7 heteroatoms. The van der Waals surface area contributed by atoms with Crippen LogP contribution in [0.5, 0.6) is 5.75 Å². The van der Waals surface area contributed by atoms with E-state index in [1.165, 1.54) is 0 Å². The van der Waals surface area contributed by atoms with Crippen LogP contribution >= 0.6 is 0 Å². The third-order valence-electron chi connectivity index (χ3n) is 2.90. The number of benzene rings is 1. The van der Waals surface area contributed by atoms with Crippen LogP contribution in [0.4, 0.5) is 10.6 Å². The molecule has 1 aromatic heterocycles. The third kappa shape index (κ3) is 5.63. The Balaban J connectivity index is 1.87. The van der Waals surface area contributed by atoms with Gasteiger partial charge in [0.15, 0.2) is 0 Å². The fourth-order valence-electron chi connectivity index (χ4n) is 1.97. The molecule has 0 aliphatic heterocycles. The summed E-state index contributed by atoms with van der Waals surface area (Å²) in [4.78, 5) is 11.8. The second-order valence-electron chi connectivity index (χ2n) is 6.17. The molecule has 0 unspecified atom stereocenters. The Morgan fingerprint density at radius 3 is 2.83 bits per heavy atom. The van der Waals surface area contributed by atoms with Crippen molar-refractivity contribution in [2.24, 2.45) is 0 Å². The van der Waals surface area contributed by atoms with Gasteiger partial charge in [0.1, 0.15) is 17.2 Å². The Hall–Kier alpha value is -2.54. The number of H-pyrrole nitrogens is 1. The van der Waals surface area contributed by atoms with E-state index in [0.29, 0.717) is 18.9 Å². The second-order valence-corrected chi connectivity index (χ2v) is 6.17. The normalized spacial score (nSPS) is 11.3. The number of nitrogens with one attached hydrogen (secondary N) is 3. The van der Waals surface area contributed by atoms with E-state index in [2.05, 4.69) is 20.8 Å². The van der Waals surface area contributed by atoms with Gasteiger partial charge in [-0.1, -0.05) is 12.1 Å². The molecule has 1 aromatic carbocycles. The molecule has 124 valence electrons. The van der Waals surface area contributed by atoms with Crippen molar-refractivity contribution >= 4 is 11.9 Å². The second kappa shape index (κ2) is 7.15. The molecule has 0 aliphatic rings. The first kappa shape index (κ1) is 16.8. The maximum absolute atomic E-state index is 11.8. The Morgan fingerprint density at radius 2 is 2.13 bits per heavy atom. The quantitative estimate of drug-likeness (QED) is 0.679. The summed E-state index contributed by atoms with van der Waals surface area (Å²) in [6.45, 7) is 6.51. The molecule has 0 bridgehead atoms. The van der Waals surface area contributed by atoms with Crippen LogP contribution in [-0.2, 0) is 17.8 Å². The van der Waals surface area contributed by atoms with Gasteiger partial charge in [0.2, 0.25) is 0 Å². The maximum Gasteiger partial charge on any atom is 0.413 e. The Labute approximate surface area is 135 Å². The molecule has 4 N–H and O–H groups in total. The first-order valence-corrected chi connectivity index (χ1v) is 7.34. The predicted molar refractivity (Wildman–Crippen MR) is 87.1 cm³/mol. The minimum absolute atomic E-state index is 0.236. The van der Waals surface area contributed by atoms with Gasteiger partial charge >= 0.3 is 6.09 Å². The van der Waals surface area contributed by atoms with Gasteiger partial charge in [0.25, 0.3) is 0 Å². The van der Waals surface area contributed by atoms with E-state index in [0.717, 1.165) is 11.1 Å². The number of phenols is 1. The zero-order chi connectivity index (χ0) is 16.9. The summed E-state index contributed by atoms with van der Waals surface area (Å²) in [5.41, 5.74) is 1.23. The van der Waals surface area contributed by atoms with Crippen molar-refractivity contribution in [1.29, 1.82) is 0 Å². The number of hydrogen-bond donors (Lipinski definition) is 4. The van der Waals surface area contributed by atoms with E-state index in [9.17, 15) is 9.90 Å². The summed E-state index contributed by atoms with van der Waals surface area (Å²) >= 11 is 0. The van der Waals surface area contributed by atoms with Crippen molar-refractivity contribution in [2.75, 3.05) is 5.32 Å².